The van der Waals surface area contributed by atoms with Gasteiger partial charge in [-0.15, -0.1) is 21.5 Å². The number of H-pyrrole nitrogens is 1. The summed E-state index contributed by atoms with van der Waals surface area (Å²) in [5.74, 6) is 2.22. The van der Waals surface area contributed by atoms with Crippen molar-refractivity contribution in [3.8, 4) is 33.5 Å². The van der Waals surface area contributed by atoms with E-state index in [1.54, 1.807) is 11.3 Å². The highest BCUT2D eigenvalue weighted by atomic mass is 32.1. The number of hydrogen-bond acceptors (Lipinski definition) is 9. The Morgan fingerprint density at radius 2 is 1.81 bits per heavy atom. The minimum atomic E-state index is -0.124. The molecule has 6 aromatic rings. The van der Waals surface area contributed by atoms with Gasteiger partial charge in [0, 0.05) is 21.9 Å². The number of tetrazole rings is 1. The Balaban J connectivity index is 1.11. The molecule has 1 amide bonds. The third-order valence-corrected chi connectivity index (χ3v) is 10.1. The number of allylic oxidation sites excluding steroid dienone is 1. The summed E-state index contributed by atoms with van der Waals surface area (Å²) in [6.07, 6.45) is 3.81. The van der Waals surface area contributed by atoms with E-state index >= 15 is 0 Å². The van der Waals surface area contributed by atoms with Crippen LogP contribution in [0.25, 0.3) is 44.5 Å². The van der Waals surface area contributed by atoms with E-state index in [1.807, 2.05) is 72.1 Å². The summed E-state index contributed by atoms with van der Waals surface area (Å²) in [7, 11) is 0. The fourth-order valence-electron chi connectivity index (χ4n) is 6.43. The summed E-state index contributed by atoms with van der Waals surface area (Å²) in [5.41, 5.74) is 8.16. The molecule has 4 heterocycles. The zero-order valence-corrected chi connectivity index (χ0v) is 27.6. The molecule has 11 heteroatoms. The van der Waals surface area contributed by atoms with E-state index < -0.39 is 0 Å². The lowest BCUT2D eigenvalue weighted by Crippen LogP contribution is -2.31. The fraction of sp³-hybridized carbons (Fsp3) is 0.243. The molecule has 240 valence electrons. The van der Waals surface area contributed by atoms with Gasteiger partial charge in [0.15, 0.2) is 11.5 Å². The molecule has 1 unspecified atom stereocenters. The summed E-state index contributed by atoms with van der Waals surface area (Å²) in [4.78, 5) is 24.3. The van der Waals surface area contributed by atoms with Crippen molar-refractivity contribution in [2.45, 2.75) is 40.2 Å². The molecule has 2 N–H and O–H groups in total. The number of nitrogens with zero attached hydrogens (tertiary/aromatic N) is 5. The molecule has 2 aliphatic rings. The van der Waals surface area contributed by atoms with E-state index in [4.69, 9.17) is 19.4 Å². The van der Waals surface area contributed by atoms with Gasteiger partial charge in [-0.05, 0) is 70.4 Å². The lowest BCUT2D eigenvalue weighted by Gasteiger charge is -2.37. The Labute approximate surface area is 281 Å². The summed E-state index contributed by atoms with van der Waals surface area (Å²) >= 11 is 1.54. The zero-order chi connectivity index (χ0) is 32.8. The van der Waals surface area contributed by atoms with Crippen molar-refractivity contribution in [1.29, 1.82) is 0 Å². The van der Waals surface area contributed by atoms with Crippen LogP contribution in [0.15, 0.2) is 72.1 Å². The highest BCUT2D eigenvalue weighted by Gasteiger charge is 2.35. The van der Waals surface area contributed by atoms with Crippen molar-refractivity contribution in [3.63, 3.8) is 0 Å². The number of rotatable bonds is 6. The largest absolute Gasteiger partial charge is 0.454 e. The molecule has 0 bridgehead atoms. The van der Waals surface area contributed by atoms with E-state index in [9.17, 15) is 4.79 Å². The van der Waals surface area contributed by atoms with Crippen molar-refractivity contribution in [2.75, 3.05) is 6.79 Å². The van der Waals surface area contributed by atoms with Gasteiger partial charge in [0.1, 0.15) is 5.01 Å². The third kappa shape index (κ3) is 5.70. The van der Waals surface area contributed by atoms with Crippen LogP contribution in [0.1, 0.15) is 60.1 Å². The van der Waals surface area contributed by atoms with Gasteiger partial charge in [-0.1, -0.05) is 69.3 Å². The summed E-state index contributed by atoms with van der Waals surface area (Å²) in [5, 5.41) is 21.1. The van der Waals surface area contributed by atoms with E-state index in [-0.39, 0.29) is 18.1 Å². The number of thiazole rings is 1. The van der Waals surface area contributed by atoms with Crippen LogP contribution in [-0.2, 0) is 13.0 Å². The van der Waals surface area contributed by atoms with Gasteiger partial charge in [0.05, 0.1) is 29.0 Å². The number of ether oxygens (including phenoxy) is 2. The topological polar surface area (TPSA) is 128 Å². The number of nitrogens with one attached hydrogen (secondary N) is 2. The van der Waals surface area contributed by atoms with Gasteiger partial charge in [-0.25, -0.2) is 9.97 Å². The predicted molar refractivity (Wildman–Crippen MR) is 185 cm³/mol. The smallest absolute Gasteiger partial charge is 0.252 e. The molecule has 0 radical (unpaired) electrons. The average molecular weight is 656 g/mol. The Kier molecular flexibility index (Phi) is 7.48. The van der Waals surface area contributed by atoms with Crippen LogP contribution in [0, 0.1) is 11.3 Å². The number of para-hydroxylation sites is 1. The molecule has 0 saturated carbocycles. The predicted octanol–water partition coefficient (Wildman–Crippen LogP) is 7.35. The second-order valence-corrected chi connectivity index (χ2v) is 14.1. The van der Waals surface area contributed by atoms with Crippen molar-refractivity contribution < 1.29 is 14.3 Å². The van der Waals surface area contributed by atoms with Crippen molar-refractivity contribution >= 4 is 39.8 Å². The van der Waals surface area contributed by atoms with Crippen LogP contribution < -0.4 is 14.8 Å². The van der Waals surface area contributed by atoms with Crippen molar-refractivity contribution in [2.24, 2.45) is 11.3 Å². The van der Waals surface area contributed by atoms with Crippen LogP contribution >= 0.6 is 11.3 Å². The molecule has 8 rings (SSSR count). The number of carbonyl (C=O) groups excluding carboxylic acids is 1. The highest BCUT2D eigenvalue weighted by molar-refractivity contribution is 7.13. The van der Waals surface area contributed by atoms with Gasteiger partial charge < -0.3 is 14.8 Å². The van der Waals surface area contributed by atoms with Crippen LogP contribution in [0.4, 0.5) is 0 Å². The minimum Gasteiger partial charge on any atom is -0.454 e. The SMILES string of the molecule is CC(C)(C)C1C/C(=C/c2ccc3c(c2)OCO3)c2nc3ccccc3c(C(=O)NCc3csc(-c4ccc(-c5nn[nH]n5)cc4)n3)c2C1. The van der Waals surface area contributed by atoms with Crippen LogP contribution in [0.3, 0.4) is 0 Å². The van der Waals surface area contributed by atoms with Crippen LogP contribution in [-0.4, -0.2) is 43.3 Å². The van der Waals surface area contributed by atoms with Crippen LogP contribution in [0.5, 0.6) is 11.5 Å². The molecule has 3 aromatic carbocycles. The maximum Gasteiger partial charge on any atom is 0.252 e. The molecule has 1 aliphatic heterocycles. The van der Waals surface area contributed by atoms with E-state index in [0.29, 0.717) is 23.9 Å². The molecule has 1 atom stereocenters. The number of pyridine rings is 1. The first-order valence-corrected chi connectivity index (χ1v) is 16.8. The van der Waals surface area contributed by atoms with E-state index in [2.05, 4.69) is 52.8 Å². The normalized spacial score (nSPS) is 16.3. The first kappa shape index (κ1) is 29.9. The number of benzene rings is 3. The molecule has 0 fully saturated rings. The molecule has 48 heavy (non-hydrogen) atoms. The van der Waals surface area contributed by atoms with Gasteiger partial charge in [0.2, 0.25) is 12.6 Å². The molecular formula is C37H33N7O3S. The fourth-order valence-corrected chi connectivity index (χ4v) is 7.25. The van der Waals surface area contributed by atoms with Crippen molar-refractivity contribution in [1.82, 2.24) is 35.9 Å². The molecule has 10 nitrogen and oxygen atoms in total. The zero-order valence-electron chi connectivity index (χ0n) is 26.8. The summed E-state index contributed by atoms with van der Waals surface area (Å²) in [6, 6.07) is 21.8. The number of fused-ring (bicyclic) bond motifs is 3. The maximum absolute atomic E-state index is 14.2. The van der Waals surface area contributed by atoms with Crippen LogP contribution in [0.2, 0.25) is 0 Å². The number of carbonyl (C=O) groups is 1. The third-order valence-electron chi connectivity index (χ3n) is 9.12. The summed E-state index contributed by atoms with van der Waals surface area (Å²) in [6.45, 7) is 7.35. The summed E-state index contributed by atoms with van der Waals surface area (Å²) < 4.78 is 11.2. The molecule has 3 aromatic heterocycles. The molecule has 0 spiro atoms. The molecule has 1 aliphatic carbocycles. The first-order chi connectivity index (χ1) is 23.3. The number of hydrogen-bond donors (Lipinski definition) is 2. The standard InChI is InChI=1S/C37H33N7O3S/c1-37(2,3)25-16-24(14-21-8-13-30-31(15-21)47-20-46-30)33-28(17-25)32(27-6-4-5-7-29(27)40-33)35(45)38-18-26-19-48-36(39-26)23-11-9-22(10-12-23)34-41-43-44-42-34/h4-15,19,25H,16-18,20H2,1-3H3,(H,38,45)(H,41,42,43,44)/b24-14-. The van der Waals surface area contributed by atoms with Gasteiger partial charge in [-0.3, -0.25) is 4.79 Å². The van der Waals surface area contributed by atoms with E-state index in [0.717, 1.165) is 79.5 Å². The average Bonchev–Trinajstić information content (AvgIpc) is 3.89. The Morgan fingerprint density at radius 1 is 1.00 bits per heavy atom. The minimum absolute atomic E-state index is 0.0196. The molecule has 0 saturated heterocycles. The number of aromatic amines is 1. The Hall–Kier alpha value is -5.42. The Bertz CT molecular complexity index is 2180. The first-order valence-electron chi connectivity index (χ1n) is 15.9. The number of amides is 1. The van der Waals surface area contributed by atoms with Crippen molar-refractivity contribution in [3.05, 3.63) is 100 Å². The monoisotopic (exact) mass is 655 g/mol. The molecular weight excluding hydrogens is 623 g/mol. The van der Waals surface area contributed by atoms with Gasteiger partial charge >= 0.3 is 0 Å². The van der Waals surface area contributed by atoms with Gasteiger partial charge in [0.25, 0.3) is 5.91 Å². The second-order valence-electron chi connectivity index (χ2n) is 13.2. The Morgan fingerprint density at radius 3 is 2.62 bits per heavy atom. The van der Waals surface area contributed by atoms with E-state index in [1.165, 1.54) is 0 Å². The highest BCUT2D eigenvalue weighted by Crippen LogP contribution is 2.45. The quantitative estimate of drug-likeness (QED) is 0.191. The lowest BCUT2D eigenvalue weighted by molar-refractivity contribution is 0.0950. The van der Waals surface area contributed by atoms with Gasteiger partial charge in [-0.2, -0.15) is 5.21 Å². The number of aromatic nitrogens is 6. The maximum atomic E-state index is 14.2. The lowest BCUT2D eigenvalue weighted by atomic mass is 9.69. The second kappa shape index (κ2) is 12.0.